The zero-order valence-electron chi connectivity index (χ0n) is 15.2. The summed E-state index contributed by atoms with van der Waals surface area (Å²) in [5.74, 6) is 0.164. The van der Waals surface area contributed by atoms with Gasteiger partial charge in [0.15, 0.2) is 0 Å². The van der Waals surface area contributed by atoms with Crippen LogP contribution in [-0.2, 0) is 6.54 Å². The number of piperazine rings is 1. The molecule has 1 heterocycles. The molecule has 0 aliphatic carbocycles. The number of hydrogen-bond acceptors (Lipinski definition) is 1. The van der Waals surface area contributed by atoms with E-state index in [0.29, 0.717) is 0 Å². The zero-order chi connectivity index (χ0) is 17.9. The molecule has 0 saturated carbocycles. The van der Waals surface area contributed by atoms with Crippen molar-refractivity contribution in [3.63, 3.8) is 0 Å². The molecule has 3 aromatic carbocycles. The Morgan fingerprint density at radius 2 is 1.62 bits per heavy atom. The molecular formula is C23H25N2O+. The topological polar surface area (TPSA) is 24.8 Å². The first-order valence-corrected chi connectivity index (χ1v) is 9.37. The molecule has 1 N–H and O–H groups in total. The average Bonchev–Trinajstić information content (AvgIpc) is 2.69. The van der Waals surface area contributed by atoms with Crippen LogP contribution in [0.5, 0.6) is 0 Å². The molecule has 0 unspecified atom stereocenters. The van der Waals surface area contributed by atoms with Gasteiger partial charge in [-0.05, 0) is 29.3 Å². The van der Waals surface area contributed by atoms with E-state index < -0.39 is 0 Å². The van der Waals surface area contributed by atoms with Gasteiger partial charge in [0.2, 0.25) is 0 Å². The highest BCUT2D eigenvalue weighted by Crippen LogP contribution is 2.20. The van der Waals surface area contributed by atoms with Crippen molar-refractivity contribution in [2.75, 3.05) is 26.2 Å². The van der Waals surface area contributed by atoms with Gasteiger partial charge in [-0.25, -0.2) is 0 Å². The minimum atomic E-state index is 0.164. The third kappa shape index (κ3) is 3.35. The minimum absolute atomic E-state index is 0.164. The Labute approximate surface area is 154 Å². The van der Waals surface area contributed by atoms with Crippen LogP contribution in [-0.4, -0.2) is 37.0 Å². The molecule has 3 aromatic rings. The summed E-state index contributed by atoms with van der Waals surface area (Å²) >= 11 is 0. The van der Waals surface area contributed by atoms with Crippen molar-refractivity contribution in [3.8, 4) is 0 Å². The first-order valence-electron chi connectivity index (χ1n) is 9.37. The summed E-state index contributed by atoms with van der Waals surface area (Å²) in [6.45, 7) is 6.88. The van der Waals surface area contributed by atoms with Gasteiger partial charge in [-0.1, -0.05) is 60.7 Å². The van der Waals surface area contributed by atoms with Gasteiger partial charge in [-0.15, -0.1) is 0 Å². The fraction of sp³-hybridized carbons (Fsp3) is 0.261. The lowest BCUT2D eigenvalue weighted by molar-refractivity contribution is -0.917. The van der Waals surface area contributed by atoms with Gasteiger partial charge in [-0.2, -0.15) is 0 Å². The van der Waals surface area contributed by atoms with Crippen LogP contribution >= 0.6 is 0 Å². The summed E-state index contributed by atoms with van der Waals surface area (Å²) in [7, 11) is 0. The fourth-order valence-electron chi connectivity index (χ4n) is 3.86. The second-order valence-corrected chi connectivity index (χ2v) is 7.17. The lowest BCUT2D eigenvalue weighted by Gasteiger charge is -2.32. The normalized spacial score (nSPS) is 15.3. The molecule has 1 saturated heterocycles. The van der Waals surface area contributed by atoms with E-state index in [4.69, 9.17) is 0 Å². The van der Waals surface area contributed by atoms with E-state index in [1.807, 2.05) is 35.2 Å². The lowest BCUT2D eigenvalue weighted by atomic mass is 10.0. The maximum absolute atomic E-state index is 13.0. The predicted octanol–water partition coefficient (Wildman–Crippen LogP) is 2.69. The molecule has 1 aliphatic rings. The molecule has 1 fully saturated rings. The van der Waals surface area contributed by atoms with Crippen LogP contribution in [0.15, 0.2) is 66.7 Å². The Kier molecular flexibility index (Phi) is 4.72. The number of hydrogen-bond donors (Lipinski definition) is 1. The van der Waals surface area contributed by atoms with Crippen molar-refractivity contribution in [3.05, 3.63) is 83.4 Å². The van der Waals surface area contributed by atoms with E-state index in [1.165, 1.54) is 11.1 Å². The Morgan fingerprint density at radius 1 is 0.923 bits per heavy atom. The molecule has 0 spiro atoms. The van der Waals surface area contributed by atoms with E-state index >= 15 is 0 Å². The van der Waals surface area contributed by atoms with Gasteiger partial charge in [0.05, 0.1) is 26.2 Å². The highest BCUT2D eigenvalue weighted by atomic mass is 16.2. The van der Waals surface area contributed by atoms with Crippen LogP contribution in [0.2, 0.25) is 0 Å². The highest BCUT2D eigenvalue weighted by molar-refractivity contribution is 6.07. The van der Waals surface area contributed by atoms with Gasteiger partial charge in [0, 0.05) is 11.1 Å². The molecule has 0 bridgehead atoms. The molecule has 3 heteroatoms. The summed E-state index contributed by atoms with van der Waals surface area (Å²) in [6.07, 6.45) is 0. The third-order valence-corrected chi connectivity index (χ3v) is 5.48. The van der Waals surface area contributed by atoms with Crippen molar-refractivity contribution in [1.29, 1.82) is 0 Å². The minimum Gasteiger partial charge on any atom is -0.328 e. The van der Waals surface area contributed by atoms with Crippen LogP contribution in [0, 0.1) is 6.92 Å². The van der Waals surface area contributed by atoms with Crippen LogP contribution in [0.1, 0.15) is 21.5 Å². The molecular weight excluding hydrogens is 320 g/mol. The maximum Gasteiger partial charge on any atom is 0.254 e. The van der Waals surface area contributed by atoms with E-state index in [9.17, 15) is 4.79 Å². The first-order chi connectivity index (χ1) is 12.7. The Balaban J connectivity index is 1.44. The quantitative estimate of drug-likeness (QED) is 0.776. The second-order valence-electron chi connectivity index (χ2n) is 7.17. The number of nitrogens with one attached hydrogen (secondary N) is 1. The van der Waals surface area contributed by atoms with E-state index in [0.717, 1.165) is 49.1 Å². The number of aryl methyl sites for hydroxylation is 1. The molecule has 0 radical (unpaired) electrons. The summed E-state index contributed by atoms with van der Waals surface area (Å²) in [5, 5.41) is 2.18. The standard InChI is InChI=1S/C23H24N2O/c1-18-7-2-3-9-20(18)17-24-13-15-25(16-14-24)23(26)22-12-6-10-19-8-4-5-11-21(19)22/h2-12H,13-17H2,1H3/p+1. The first kappa shape index (κ1) is 16.8. The number of fused-ring (bicyclic) bond motifs is 1. The number of carbonyl (C=O) groups excluding carboxylic acids is 1. The van der Waals surface area contributed by atoms with Crippen LogP contribution in [0.4, 0.5) is 0 Å². The Morgan fingerprint density at radius 3 is 2.42 bits per heavy atom. The monoisotopic (exact) mass is 345 g/mol. The summed E-state index contributed by atoms with van der Waals surface area (Å²) in [4.78, 5) is 16.6. The lowest BCUT2D eigenvalue weighted by Crippen LogP contribution is -3.13. The van der Waals surface area contributed by atoms with E-state index in [1.54, 1.807) is 4.90 Å². The summed E-state index contributed by atoms with van der Waals surface area (Å²) in [5.41, 5.74) is 3.59. The molecule has 26 heavy (non-hydrogen) atoms. The van der Waals surface area contributed by atoms with E-state index in [2.05, 4.69) is 43.3 Å². The number of amides is 1. The number of benzene rings is 3. The Bertz CT molecular complexity index is 921. The molecule has 0 atom stereocenters. The van der Waals surface area contributed by atoms with Gasteiger partial charge < -0.3 is 9.80 Å². The fourth-order valence-corrected chi connectivity index (χ4v) is 3.86. The van der Waals surface area contributed by atoms with Gasteiger partial charge >= 0.3 is 0 Å². The second kappa shape index (κ2) is 7.30. The van der Waals surface area contributed by atoms with Crippen molar-refractivity contribution in [1.82, 2.24) is 4.90 Å². The van der Waals surface area contributed by atoms with Crippen molar-refractivity contribution < 1.29 is 9.69 Å². The van der Waals surface area contributed by atoms with Crippen molar-refractivity contribution in [2.24, 2.45) is 0 Å². The summed E-state index contributed by atoms with van der Waals surface area (Å²) < 4.78 is 0. The van der Waals surface area contributed by atoms with Crippen molar-refractivity contribution >= 4 is 16.7 Å². The molecule has 3 nitrogen and oxygen atoms in total. The van der Waals surface area contributed by atoms with Gasteiger partial charge in [0.25, 0.3) is 5.91 Å². The van der Waals surface area contributed by atoms with Gasteiger partial charge in [0.1, 0.15) is 6.54 Å². The maximum atomic E-state index is 13.0. The number of nitrogens with zero attached hydrogens (tertiary/aromatic N) is 1. The molecule has 1 aliphatic heterocycles. The molecule has 1 amide bonds. The van der Waals surface area contributed by atoms with Crippen LogP contribution in [0.25, 0.3) is 10.8 Å². The SMILES string of the molecule is Cc1ccccc1C[NH+]1CCN(C(=O)c2cccc3ccccc23)CC1. The number of carbonyl (C=O) groups is 1. The predicted molar refractivity (Wildman–Crippen MR) is 105 cm³/mol. The van der Waals surface area contributed by atoms with Crippen LogP contribution < -0.4 is 4.90 Å². The van der Waals surface area contributed by atoms with E-state index in [-0.39, 0.29) is 5.91 Å². The van der Waals surface area contributed by atoms with Gasteiger partial charge in [-0.3, -0.25) is 4.79 Å². The molecule has 132 valence electrons. The van der Waals surface area contributed by atoms with Crippen LogP contribution in [0.3, 0.4) is 0 Å². The Hall–Kier alpha value is -2.65. The third-order valence-electron chi connectivity index (χ3n) is 5.48. The average molecular weight is 345 g/mol. The number of quaternary nitrogens is 1. The highest BCUT2D eigenvalue weighted by Gasteiger charge is 2.25. The molecule has 0 aromatic heterocycles. The summed E-state index contributed by atoms with van der Waals surface area (Å²) in [6, 6.07) is 22.7. The smallest absolute Gasteiger partial charge is 0.254 e. The zero-order valence-corrected chi connectivity index (χ0v) is 15.2. The number of rotatable bonds is 3. The molecule has 4 rings (SSSR count). The largest absolute Gasteiger partial charge is 0.328 e. The van der Waals surface area contributed by atoms with Crippen molar-refractivity contribution in [2.45, 2.75) is 13.5 Å².